The summed E-state index contributed by atoms with van der Waals surface area (Å²) in [6.07, 6.45) is 1.88. The second-order valence-corrected chi connectivity index (χ2v) is 3.83. The van der Waals surface area contributed by atoms with Crippen molar-refractivity contribution in [3.8, 4) is 0 Å². The Morgan fingerprint density at radius 1 is 1.33 bits per heavy atom. The average Bonchev–Trinajstić information content (AvgIpc) is 2.27. The molecule has 1 aromatic carbocycles. The van der Waals surface area contributed by atoms with Gasteiger partial charge in [-0.25, -0.2) is 0 Å². The van der Waals surface area contributed by atoms with Crippen molar-refractivity contribution >= 4 is 0 Å². The first-order valence-electron chi connectivity index (χ1n) is 5.27. The smallest absolute Gasteiger partial charge is 0.0477 e. The zero-order valence-electron chi connectivity index (χ0n) is 9.49. The second kappa shape index (κ2) is 6.56. The van der Waals surface area contributed by atoms with Crippen molar-refractivity contribution in [2.45, 2.75) is 25.8 Å². The lowest BCUT2D eigenvalue weighted by Gasteiger charge is -2.15. The first-order valence-corrected chi connectivity index (χ1v) is 5.27. The van der Waals surface area contributed by atoms with E-state index < -0.39 is 0 Å². The maximum Gasteiger partial charge on any atom is 0.0477 e. The number of methoxy groups -OCH3 is 1. The van der Waals surface area contributed by atoms with Crippen molar-refractivity contribution in [2.75, 3.05) is 13.7 Å². The number of aryl methyl sites for hydroxylation is 1. The fourth-order valence-electron chi connectivity index (χ4n) is 1.51. The van der Waals surface area contributed by atoms with Crippen LogP contribution in [0.1, 0.15) is 17.5 Å². The lowest BCUT2D eigenvalue weighted by Crippen LogP contribution is -2.37. The first kappa shape index (κ1) is 12.2. The van der Waals surface area contributed by atoms with E-state index in [2.05, 4.69) is 36.6 Å². The zero-order valence-corrected chi connectivity index (χ0v) is 9.49. The highest BCUT2D eigenvalue weighted by Crippen LogP contribution is 2.07. The van der Waals surface area contributed by atoms with Crippen LogP contribution in [0.2, 0.25) is 0 Å². The summed E-state index contributed by atoms with van der Waals surface area (Å²) in [5.74, 6) is 5.49. The van der Waals surface area contributed by atoms with Gasteiger partial charge in [-0.2, -0.15) is 0 Å². The second-order valence-electron chi connectivity index (χ2n) is 3.83. The molecule has 3 nitrogen and oxygen atoms in total. The van der Waals surface area contributed by atoms with Crippen LogP contribution in [0.25, 0.3) is 0 Å². The summed E-state index contributed by atoms with van der Waals surface area (Å²) in [6, 6.07) is 8.82. The molecule has 84 valence electrons. The molecule has 0 aliphatic heterocycles. The molecule has 1 atom stereocenters. The molecule has 0 spiro atoms. The van der Waals surface area contributed by atoms with Crippen LogP contribution < -0.4 is 11.3 Å². The van der Waals surface area contributed by atoms with Crippen LogP contribution in [-0.4, -0.2) is 19.8 Å². The quantitative estimate of drug-likeness (QED) is 0.549. The number of nitrogens with two attached hydrogens (primary N) is 1. The highest BCUT2D eigenvalue weighted by molar-refractivity contribution is 5.22. The summed E-state index contributed by atoms with van der Waals surface area (Å²) in [5.41, 5.74) is 5.41. The van der Waals surface area contributed by atoms with Crippen molar-refractivity contribution in [1.82, 2.24) is 5.43 Å². The zero-order chi connectivity index (χ0) is 11.1. The van der Waals surface area contributed by atoms with E-state index in [-0.39, 0.29) is 6.04 Å². The Labute approximate surface area is 91.6 Å². The maximum atomic E-state index is 5.49. The fourth-order valence-corrected chi connectivity index (χ4v) is 1.51. The predicted octanol–water partition coefficient (Wildman–Crippen LogP) is 1.41. The Morgan fingerprint density at radius 2 is 2.00 bits per heavy atom. The Morgan fingerprint density at radius 3 is 2.53 bits per heavy atom. The Balaban J connectivity index is 2.47. The molecule has 0 amide bonds. The van der Waals surface area contributed by atoms with E-state index in [4.69, 9.17) is 10.6 Å². The minimum Gasteiger partial charge on any atom is -0.385 e. The average molecular weight is 208 g/mol. The molecule has 0 bridgehead atoms. The molecule has 0 radical (unpaired) electrons. The summed E-state index contributed by atoms with van der Waals surface area (Å²) in [4.78, 5) is 0. The number of rotatable bonds is 6. The topological polar surface area (TPSA) is 47.3 Å². The monoisotopic (exact) mass is 208 g/mol. The number of hydrogen-bond donors (Lipinski definition) is 2. The van der Waals surface area contributed by atoms with E-state index >= 15 is 0 Å². The van der Waals surface area contributed by atoms with Crippen LogP contribution in [0.4, 0.5) is 0 Å². The number of ether oxygens (including phenoxy) is 1. The van der Waals surface area contributed by atoms with E-state index in [9.17, 15) is 0 Å². The number of hydrogen-bond acceptors (Lipinski definition) is 3. The highest BCUT2D eigenvalue weighted by Gasteiger charge is 2.06. The number of hydrazine groups is 1. The van der Waals surface area contributed by atoms with E-state index in [1.54, 1.807) is 7.11 Å². The van der Waals surface area contributed by atoms with Gasteiger partial charge in [0.15, 0.2) is 0 Å². The van der Waals surface area contributed by atoms with E-state index in [0.717, 1.165) is 19.4 Å². The van der Waals surface area contributed by atoms with Gasteiger partial charge >= 0.3 is 0 Å². The van der Waals surface area contributed by atoms with Crippen molar-refractivity contribution in [2.24, 2.45) is 5.84 Å². The van der Waals surface area contributed by atoms with E-state index in [0.29, 0.717) is 0 Å². The lowest BCUT2D eigenvalue weighted by atomic mass is 10.0. The fraction of sp³-hybridized carbons (Fsp3) is 0.500. The Bertz CT molecular complexity index is 271. The predicted molar refractivity (Wildman–Crippen MR) is 62.5 cm³/mol. The lowest BCUT2D eigenvalue weighted by molar-refractivity contribution is 0.182. The van der Waals surface area contributed by atoms with Crippen molar-refractivity contribution < 1.29 is 4.74 Å². The molecule has 1 rings (SSSR count). The molecule has 3 heteroatoms. The molecule has 3 N–H and O–H groups in total. The largest absolute Gasteiger partial charge is 0.385 e. The molecular formula is C12H20N2O. The first-order chi connectivity index (χ1) is 7.26. The SMILES string of the molecule is COCCC(Cc1ccc(C)cc1)NN. The minimum atomic E-state index is 0.285. The number of benzene rings is 1. The molecular weight excluding hydrogens is 188 g/mol. The summed E-state index contributed by atoms with van der Waals surface area (Å²) >= 11 is 0. The van der Waals surface area contributed by atoms with Crippen LogP contribution in [0.15, 0.2) is 24.3 Å². The van der Waals surface area contributed by atoms with Gasteiger partial charge < -0.3 is 4.74 Å². The van der Waals surface area contributed by atoms with Crippen molar-refractivity contribution in [1.29, 1.82) is 0 Å². The van der Waals surface area contributed by atoms with Gasteiger partial charge in [-0.05, 0) is 25.3 Å². The number of nitrogens with one attached hydrogen (secondary N) is 1. The van der Waals surface area contributed by atoms with Gasteiger partial charge in [-0.3, -0.25) is 11.3 Å². The van der Waals surface area contributed by atoms with Crippen molar-refractivity contribution in [3.63, 3.8) is 0 Å². The molecule has 1 unspecified atom stereocenters. The van der Waals surface area contributed by atoms with Crippen molar-refractivity contribution in [3.05, 3.63) is 35.4 Å². The van der Waals surface area contributed by atoms with Crippen LogP contribution in [-0.2, 0) is 11.2 Å². The molecule has 0 saturated carbocycles. The van der Waals surface area contributed by atoms with Gasteiger partial charge in [0.05, 0.1) is 0 Å². The molecule has 0 saturated heterocycles. The molecule has 0 aliphatic rings. The van der Waals surface area contributed by atoms with Crippen LogP contribution >= 0.6 is 0 Å². The van der Waals surface area contributed by atoms with Gasteiger partial charge in [-0.15, -0.1) is 0 Å². The van der Waals surface area contributed by atoms with Crippen LogP contribution in [0.5, 0.6) is 0 Å². The normalized spacial score (nSPS) is 12.7. The van der Waals surface area contributed by atoms with Gasteiger partial charge in [0.2, 0.25) is 0 Å². The third-order valence-corrected chi connectivity index (χ3v) is 2.51. The Hall–Kier alpha value is -0.900. The summed E-state index contributed by atoms with van der Waals surface area (Å²) in [5, 5.41) is 0. The van der Waals surface area contributed by atoms with Gasteiger partial charge in [-0.1, -0.05) is 29.8 Å². The highest BCUT2D eigenvalue weighted by atomic mass is 16.5. The van der Waals surface area contributed by atoms with E-state index in [1.165, 1.54) is 11.1 Å². The Kier molecular flexibility index (Phi) is 5.32. The molecule has 1 aromatic rings. The summed E-state index contributed by atoms with van der Waals surface area (Å²) < 4.78 is 5.04. The third-order valence-electron chi connectivity index (χ3n) is 2.51. The molecule has 15 heavy (non-hydrogen) atoms. The molecule has 0 heterocycles. The van der Waals surface area contributed by atoms with Gasteiger partial charge in [0.1, 0.15) is 0 Å². The van der Waals surface area contributed by atoms with Gasteiger partial charge in [0, 0.05) is 19.8 Å². The molecule has 0 fully saturated rings. The minimum absolute atomic E-state index is 0.285. The molecule has 0 aromatic heterocycles. The third kappa shape index (κ3) is 4.42. The van der Waals surface area contributed by atoms with Crippen LogP contribution in [0.3, 0.4) is 0 Å². The summed E-state index contributed by atoms with van der Waals surface area (Å²) in [7, 11) is 1.71. The maximum absolute atomic E-state index is 5.49. The standard InChI is InChI=1S/C12H20N2O/c1-10-3-5-11(6-4-10)9-12(14-13)7-8-15-2/h3-6,12,14H,7-9,13H2,1-2H3. The van der Waals surface area contributed by atoms with Gasteiger partial charge in [0.25, 0.3) is 0 Å². The summed E-state index contributed by atoms with van der Waals surface area (Å²) in [6.45, 7) is 2.83. The van der Waals surface area contributed by atoms with E-state index in [1.807, 2.05) is 0 Å². The van der Waals surface area contributed by atoms with Crippen LogP contribution in [0, 0.1) is 6.92 Å². The molecule has 0 aliphatic carbocycles.